The maximum atomic E-state index is 12.7. The van der Waals surface area contributed by atoms with Crippen LogP contribution in [0.3, 0.4) is 0 Å². The Morgan fingerprint density at radius 3 is 2.95 bits per heavy atom. The first-order valence-corrected chi connectivity index (χ1v) is 7.67. The van der Waals surface area contributed by atoms with Crippen molar-refractivity contribution in [2.45, 2.75) is 32.4 Å². The van der Waals surface area contributed by atoms with E-state index in [4.69, 9.17) is 4.42 Å². The van der Waals surface area contributed by atoms with Crippen molar-refractivity contribution in [2.75, 3.05) is 0 Å². The van der Waals surface area contributed by atoms with Gasteiger partial charge in [0.1, 0.15) is 5.76 Å². The molecule has 22 heavy (non-hydrogen) atoms. The molecule has 4 nitrogen and oxygen atoms in total. The Kier molecular flexibility index (Phi) is 4.68. The van der Waals surface area contributed by atoms with Crippen molar-refractivity contribution in [3.05, 3.63) is 66.4 Å². The average molecular weight is 296 g/mol. The summed E-state index contributed by atoms with van der Waals surface area (Å²) in [5.41, 5.74) is 1.03. The first kappa shape index (κ1) is 14.6. The number of aromatic nitrogens is 1. The third kappa shape index (κ3) is 3.85. The smallest absolute Gasteiger partial charge is 0.223 e. The lowest BCUT2D eigenvalue weighted by Gasteiger charge is -2.23. The summed E-state index contributed by atoms with van der Waals surface area (Å²) in [4.78, 5) is 18.6. The van der Waals surface area contributed by atoms with Crippen LogP contribution in [0.4, 0.5) is 0 Å². The molecule has 0 saturated heterocycles. The van der Waals surface area contributed by atoms with Crippen LogP contribution in [-0.2, 0) is 17.9 Å². The monoisotopic (exact) mass is 296 g/mol. The topological polar surface area (TPSA) is 46.3 Å². The summed E-state index contributed by atoms with van der Waals surface area (Å²) in [5, 5.41) is 0. The Balaban J connectivity index is 1.69. The Morgan fingerprint density at radius 2 is 2.27 bits per heavy atom. The Bertz CT molecular complexity index is 620. The molecular weight excluding hydrogens is 276 g/mol. The van der Waals surface area contributed by atoms with E-state index in [2.05, 4.69) is 17.1 Å². The highest BCUT2D eigenvalue weighted by Gasteiger charge is 2.20. The predicted molar refractivity (Wildman–Crippen MR) is 83.7 cm³/mol. The van der Waals surface area contributed by atoms with Crippen LogP contribution in [-0.4, -0.2) is 15.8 Å². The van der Waals surface area contributed by atoms with Crippen molar-refractivity contribution in [2.24, 2.45) is 5.92 Å². The van der Waals surface area contributed by atoms with E-state index in [1.165, 1.54) is 0 Å². The number of hydrogen-bond donors (Lipinski definition) is 0. The lowest BCUT2D eigenvalue weighted by atomic mass is 10.0. The molecule has 0 N–H and O–H groups in total. The first-order chi connectivity index (χ1) is 10.8. The van der Waals surface area contributed by atoms with E-state index in [0.29, 0.717) is 25.4 Å². The molecule has 1 aliphatic rings. The molecule has 1 unspecified atom stereocenters. The zero-order valence-corrected chi connectivity index (χ0v) is 12.5. The van der Waals surface area contributed by atoms with Crippen molar-refractivity contribution < 1.29 is 9.21 Å². The van der Waals surface area contributed by atoms with E-state index in [-0.39, 0.29) is 5.91 Å². The van der Waals surface area contributed by atoms with Gasteiger partial charge in [0.15, 0.2) is 0 Å². The second kappa shape index (κ2) is 7.07. The summed E-state index contributed by atoms with van der Waals surface area (Å²) in [6, 6.07) is 7.64. The van der Waals surface area contributed by atoms with Gasteiger partial charge in [-0.1, -0.05) is 18.2 Å². The third-order valence-electron chi connectivity index (χ3n) is 3.92. The quantitative estimate of drug-likeness (QED) is 0.766. The number of carbonyl (C=O) groups excluding carboxylic acids is 1. The van der Waals surface area contributed by atoms with Crippen LogP contribution in [0.25, 0.3) is 0 Å². The Labute approximate surface area is 130 Å². The minimum Gasteiger partial charge on any atom is -0.467 e. The summed E-state index contributed by atoms with van der Waals surface area (Å²) >= 11 is 0. The molecular formula is C18H20N2O2. The van der Waals surface area contributed by atoms with Gasteiger partial charge < -0.3 is 9.32 Å². The van der Waals surface area contributed by atoms with Crippen LogP contribution in [0.1, 0.15) is 30.6 Å². The number of amides is 1. The van der Waals surface area contributed by atoms with Crippen LogP contribution >= 0.6 is 0 Å². The fourth-order valence-electron chi connectivity index (χ4n) is 2.75. The molecule has 4 heteroatoms. The van der Waals surface area contributed by atoms with Gasteiger partial charge in [-0.3, -0.25) is 9.78 Å². The molecule has 0 fully saturated rings. The SMILES string of the molecule is O=C(CC1C=CCC1)N(Cc1cccnc1)Cc1ccco1. The molecule has 2 aromatic heterocycles. The molecule has 3 rings (SSSR count). The highest BCUT2D eigenvalue weighted by Crippen LogP contribution is 2.22. The third-order valence-corrected chi connectivity index (χ3v) is 3.92. The fourth-order valence-corrected chi connectivity index (χ4v) is 2.75. The molecule has 0 saturated carbocycles. The van der Waals surface area contributed by atoms with Crippen LogP contribution in [0.2, 0.25) is 0 Å². The summed E-state index contributed by atoms with van der Waals surface area (Å²) in [5.74, 6) is 1.34. The van der Waals surface area contributed by atoms with E-state index in [0.717, 1.165) is 24.2 Å². The minimum absolute atomic E-state index is 0.164. The molecule has 1 atom stereocenters. The van der Waals surface area contributed by atoms with Crippen LogP contribution in [0.15, 0.2) is 59.5 Å². The number of hydrogen-bond acceptors (Lipinski definition) is 3. The van der Waals surface area contributed by atoms with Gasteiger partial charge in [0.05, 0.1) is 12.8 Å². The molecule has 2 aromatic rings. The molecule has 0 aliphatic heterocycles. The predicted octanol–water partition coefficient (Wildman–Crippen LogP) is 3.56. The lowest BCUT2D eigenvalue weighted by Crippen LogP contribution is -2.31. The van der Waals surface area contributed by atoms with Gasteiger partial charge in [0, 0.05) is 25.4 Å². The number of allylic oxidation sites excluding steroid dienone is 2. The second-order valence-corrected chi connectivity index (χ2v) is 5.66. The first-order valence-electron chi connectivity index (χ1n) is 7.67. The molecule has 1 amide bonds. The van der Waals surface area contributed by atoms with Crippen LogP contribution in [0.5, 0.6) is 0 Å². The standard InChI is InChI=1S/C18H20N2O2/c21-18(11-15-5-1-2-6-15)20(14-17-8-4-10-22-17)13-16-7-3-9-19-12-16/h1,3-5,7-10,12,15H,2,6,11,13-14H2. The molecule has 0 aromatic carbocycles. The van der Waals surface area contributed by atoms with Gasteiger partial charge in [-0.2, -0.15) is 0 Å². The number of pyridine rings is 1. The summed E-state index contributed by atoms with van der Waals surface area (Å²) < 4.78 is 5.40. The molecule has 114 valence electrons. The Morgan fingerprint density at radius 1 is 1.32 bits per heavy atom. The van der Waals surface area contributed by atoms with Gasteiger partial charge in [-0.25, -0.2) is 0 Å². The van der Waals surface area contributed by atoms with Crippen molar-refractivity contribution in [1.29, 1.82) is 0 Å². The molecule has 1 aliphatic carbocycles. The number of carbonyl (C=O) groups is 1. The van der Waals surface area contributed by atoms with E-state index in [1.807, 2.05) is 29.2 Å². The Hall–Kier alpha value is -2.36. The van der Waals surface area contributed by atoms with E-state index >= 15 is 0 Å². The maximum absolute atomic E-state index is 12.7. The highest BCUT2D eigenvalue weighted by molar-refractivity contribution is 5.76. The van der Waals surface area contributed by atoms with Crippen molar-refractivity contribution in [3.63, 3.8) is 0 Å². The van der Waals surface area contributed by atoms with Gasteiger partial charge in [-0.15, -0.1) is 0 Å². The fraction of sp³-hybridized carbons (Fsp3) is 0.333. The van der Waals surface area contributed by atoms with Gasteiger partial charge in [0.2, 0.25) is 5.91 Å². The second-order valence-electron chi connectivity index (χ2n) is 5.66. The highest BCUT2D eigenvalue weighted by atomic mass is 16.3. The van der Waals surface area contributed by atoms with Crippen molar-refractivity contribution in [1.82, 2.24) is 9.88 Å². The maximum Gasteiger partial charge on any atom is 0.223 e. The van der Waals surface area contributed by atoms with E-state index in [9.17, 15) is 4.79 Å². The zero-order chi connectivity index (χ0) is 15.2. The van der Waals surface area contributed by atoms with Crippen molar-refractivity contribution >= 4 is 5.91 Å². The van der Waals surface area contributed by atoms with E-state index in [1.54, 1.807) is 18.7 Å². The van der Waals surface area contributed by atoms with Gasteiger partial charge in [0.25, 0.3) is 0 Å². The van der Waals surface area contributed by atoms with Crippen LogP contribution < -0.4 is 0 Å². The number of furan rings is 1. The summed E-state index contributed by atoms with van der Waals surface area (Å²) in [6.45, 7) is 1.06. The molecule has 0 bridgehead atoms. The number of nitrogens with zero attached hydrogens (tertiary/aromatic N) is 2. The molecule has 0 radical (unpaired) electrons. The minimum atomic E-state index is 0.164. The normalized spacial score (nSPS) is 16.8. The lowest BCUT2D eigenvalue weighted by molar-refractivity contribution is -0.133. The van der Waals surface area contributed by atoms with E-state index < -0.39 is 0 Å². The van der Waals surface area contributed by atoms with Gasteiger partial charge >= 0.3 is 0 Å². The molecule has 2 heterocycles. The van der Waals surface area contributed by atoms with Crippen molar-refractivity contribution in [3.8, 4) is 0 Å². The largest absolute Gasteiger partial charge is 0.467 e. The molecule has 0 spiro atoms. The van der Waals surface area contributed by atoms with Crippen LogP contribution in [0, 0.1) is 5.92 Å². The number of rotatable bonds is 6. The van der Waals surface area contributed by atoms with Gasteiger partial charge in [-0.05, 0) is 42.5 Å². The summed E-state index contributed by atoms with van der Waals surface area (Å²) in [7, 11) is 0. The summed E-state index contributed by atoms with van der Waals surface area (Å²) in [6.07, 6.45) is 12.2. The average Bonchev–Trinajstić information content (AvgIpc) is 3.21. The zero-order valence-electron chi connectivity index (χ0n) is 12.5.